The minimum atomic E-state index is -0.248. The summed E-state index contributed by atoms with van der Waals surface area (Å²) >= 11 is 0. The van der Waals surface area contributed by atoms with Crippen LogP contribution in [0.5, 0.6) is 0 Å². The molecule has 82 valence electrons. The Kier molecular flexibility index (Phi) is 2.82. The average Bonchev–Trinajstić information content (AvgIpc) is 2.86. The zero-order valence-electron chi connectivity index (χ0n) is 8.70. The van der Waals surface area contributed by atoms with E-state index in [-0.39, 0.29) is 12.2 Å². The van der Waals surface area contributed by atoms with Crippen molar-refractivity contribution in [2.45, 2.75) is 6.61 Å². The summed E-state index contributed by atoms with van der Waals surface area (Å²) in [5.41, 5.74) is 1.23. The first kappa shape index (κ1) is 10.8. The maximum atomic E-state index is 9.06. The molecule has 17 heavy (non-hydrogen) atoms. The number of rotatable bonds is 2. The Bertz CT molecular complexity index is 632. The summed E-state index contributed by atoms with van der Waals surface area (Å²) in [6, 6.07) is 8.66. The molecule has 1 aromatic heterocycles. The van der Waals surface area contributed by atoms with Gasteiger partial charge in [0.15, 0.2) is 5.82 Å². The Balaban J connectivity index is 2.56. The van der Waals surface area contributed by atoms with E-state index in [9.17, 15) is 0 Å². The standard InChI is InChI=1S/C11H7N5O/c12-4-8-1-2-10(3-9(8)5-13)16-7-14-15-11(16)6-17/h1-3,7,17H,6H2. The van der Waals surface area contributed by atoms with Crippen LogP contribution in [-0.4, -0.2) is 19.9 Å². The van der Waals surface area contributed by atoms with Crippen molar-refractivity contribution in [3.8, 4) is 17.8 Å². The summed E-state index contributed by atoms with van der Waals surface area (Å²) in [5, 5.41) is 34.2. The highest BCUT2D eigenvalue weighted by atomic mass is 16.3. The van der Waals surface area contributed by atoms with Gasteiger partial charge in [0.25, 0.3) is 0 Å². The third-order valence-corrected chi connectivity index (χ3v) is 2.28. The number of aliphatic hydroxyl groups is 1. The van der Waals surface area contributed by atoms with Crippen molar-refractivity contribution in [2.75, 3.05) is 0 Å². The van der Waals surface area contributed by atoms with Crippen molar-refractivity contribution >= 4 is 0 Å². The van der Waals surface area contributed by atoms with Crippen molar-refractivity contribution in [1.82, 2.24) is 14.8 Å². The molecule has 0 spiro atoms. The SMILES string of the molecule is N#Cc1ccc(-n2cnnc2CO)cc1C#N. The maximum Gasteiger partial charge on any atom is 0.163 e. The number of nitrogens with zero attached hydrogens (tertiary/aromatic N) is 5. The number of nitriles is 2. The summed E-state index contributed by atoms with van der Waals surface area (Å²) in [6.45, 7) is -0.248. The van der Waals surface area contributed by atoms with Crippen LogP contribution in [-0.2, 0) is 6.61 Å². The minimum absolute atomic E-state index is 0.248. The first-order valence-corrected chi connectivity index (χ1v) is 4.74. The second-order valence-electron chi connectivity index (χ2n) is 3.23. The van der Waals surface area contributed by atoms with E-state index in [0.29, 0.717) is 17.1 Å². The summed E-state index contributed by atoms with van der Waals surface area (Å²) in [4.78, 5) is 0. The molecular formula is C11H7N5O. The molecule has 1 aromatic carbocycles. The van der Waals surface area contributed by atoms with E-state index in [1.165, 1.54) is 6.33 Å². The largest absolute Gasteiger partial charge is 0.388 e. The van der Waals surface area contributed by atoms with Gasteiger partial charge in [-0.1, -0.05) is 0 Å². The molecule has 0 saturated carbocycles. The lowest BCUT2D eigenvalue weighted by molar-refractivity contribution is 0.269. The molecule has 2 rings (SSSR count). The van der Waals surface area contributed by atoms with Gasteiger partial charge in [-0.05, 0) is 18.2 Å². The lowest BCUT2D eigenvalue weighted by atomic mass is 10.1. The number of hydrogen-bond acceptors (Lipinski definition) is 5. The molecule has 6 nitrogen and oxygen atoms in total. The summed E-state index contributed by atoms with van der Waals surface area (Å²) in [5.74, 6) is 0.374. The molecule has 0 saturated heterocycles. The molecule has 6 heteroatoms. The maximum absolute atomic E-state index is 9.06. The highest BCUT2D eigenvalue weighted by Gasteiger charge is 2.08. The highest BCUT2D eigenvalue weighted by molar-refractivity contribution is 5.51. The minimum Gasteiger partial charge on any atom is -0.388 e. The molecule has 0 aliphatic rings. The highest BCUT2D eigenvalue weighted by Crippen LogP contribution is 2.15. The van der Waals surface area contributed by atoms with Crippen LogP contribution in [0.2, 0.25) is 0 Å². The van der Waals surface area contributed by atoms with E-state index in [0.717, 1.165) is 0 Å². The van der Waals surface area contributed by atoms with Crippen molar-refractivity contribution in [1.29, 1.82) is 10.5 Å². The van der Waals surface area contributed by atoms with Gasteiger partial charge in [-0.15, -0.1) is 10.2 Å². The van der Waals surface area contributed by atoms with Gasteiger partial charge in [0.1, 0.15) is 25.1 Å². The fourth-order valence-electron chi connectivity index (χ4n) is 1.45. The normalized spacial score (nSPS) is 9.59. The van der Waals surface area contributed by atoms with Gasteiger partial charge in [0.05, 0.1) is 11.1 Å². The quantitative estimate of drug-likeness (QED) is 0.802. The molecule has 0 radical (unpaired) electrons. The van der Waals surface area contributed by atoms with E-state index in [2.05, 4.69) is 10.2 Å². The lowest BCUT2D eigenvalue weighted by Crippen LogP contribution is -2.01. The van der Waals surface area contributed by atoms with Gasteiger partial charge in [-0.2, -0.15) is 10.5 Å². The molecule has 0 fully saturated rings. The lowest BCUT2D eigenvalue weighted by Gasteiger charge is -2.05. The van der Waals surface area contributed by atoms with Crippen LogP contribution in [0, 0.1) is 22.7 Å². The second-order valence-corrected chi connectivity index (χ2v) is 3.23. The molecule has 0 bridgehead atoms. The number of benzene rings is 1. The first-order valence-electron chi connectivity index (χ1n) is 4.74. The van der Waals surface area contributed by atoms with Crippen LogP contribution in [0.4, 0.5) is 0 Å². The topological polar surface area (TPSA) is 98.5 Å². The van der Waals surface area contributed by atoms with Gasteiger partial charge in [-0.3, -0.25) is 4.57 Å². The third kappa shape index (κ3) is 1.85. The average molecular weight is 225 g/mol. The second kappa shape index (κ2) is 4.44. The Hall–Kier alpha value is -2.70. The molecule has 1 N–H and O–H groups in total. The molecule has 0 aliphatic heterocycles. The van der Waals surface area contributed by atoms with Gasteiger partial charge in [0.2, 0.25) is 0 Å². The number of aromatic nitrogens is 3. The monoisotopic (exact) mass is 225 g/mol. The van der Waals surface area contributed by atoms with Crippen LogP contribution < -0.4 is 0 Å². The van der Waals surface area contributed by atoms with Gasteiger partial charge in [0, 0.05) is 5.69 Å². The third-order valence-electron chi connectivity index (χ3n) is 2.28. The predicted molar refractivity (Wildman–Crippen MR) is 56.7 cm³/mol. The van der Waals surface area contributed by atoms with Crippen LogP contribution in [0.25, 0.3) is 5.69 Å². The van der Waals surface area contributed by atoms with E-state index in [4.69, 9.17) is 15.6 Å². The Labute approximate surface area is 97.0 Å². The van der Waals surface area contributed by atoms with E-state index in [1.807, 2.05) is 12.1 Å². The molecule has 2 aromatic rings. The summed E-state index contributed by atoms with van der Waals surface area (Å²) < 4.78 is 1.56. The van der Waals surface area contributed by atoms with Gasteiger partial charge in [-0.25, -0.2) is 0 Å². The van der Waals surface area contributed by atoms with E-state index >= 15 is 0 Å². The summed E-state index contributed by atoms with van der Waals surface area (Å²) in [6.07, 6.45) is 1.44. The van der Waals surface area contributed by atoms with Crippen LogP contribution in [0.3, 0.4) is 0 Å². The molecule has 0 amide bonds. The predicted octanol–water partition coefficient (Wildman–Crippen LogP) is 0.503. The van der Waals surface area contributed by atoms with Crippen LogP contribution >= 0.6 is 0 Å². The first-order chi connectivity index (χ1) is 8.30. The van der Waals surface area contributed by atoms with E-state index < -0.39 is 0 Å². The van der Waals surface area contributed by atoms with Crippen molar-refractivity contribution in [3.05, 3.63) is 41.5 Å². The molecule has 1 heterocycles. The van der Waals surface area contributed by atoms with Crippen molar-refractivity contribution in [3.63, 3.8) is 0 Å². The van der Waals surface area contributed by atoms with Gasteiger partial charge < -0.3 is 5.11 Å². The number of hydrogen-bond donors (Lipinski definition) is 1. The molecule has 0 unspecified atom stereocenters. The van der Waals surface area contributed by atoms with Crippen molar-refractivity contribution < 1.29 is 5.11 Å². The van der Waals surface area contributed by atoms with E-state index in [1.54, 1.807) is 22.8 Å². The van der Waals surface area contributed by atoms with Crippen molar-refractivity contribution in [2.24, 2.45) is 0 Å². The zero-order valence-corrected chi connectivity index (χ0v) is 8.70. The Morgan fingerprint density at radius 2 is 2.00 bits per heavy atom. The van der Waals surface area contributed by atoms with Crippen LogP contribution in [0.1, 0.15) is 17.0 Å². The zero-order chi connectivity index (χ0) is 12.3. The van der Waals surface area contributed by atoms with Gasteiger partial charge >= 0.3 is 0 Å². The Morgan fingerprint density at radius 3 is 2.65 bits per heavy atom. The number of aliphatic hydroxyl groups excluding tert-OH is 1. The fourth-order valence-corrected chi connectivity index (χ4v) is 1.45. The van der Waals surface area contributed by atoms with Crippen LogP contribution in [0.15, 0.2) is 24.5 Å². The molecule has 0 aliphatic carbocycles. The summed E-state index contributed by atoms with van der Waals surface area (Å²) in [7, 11) is 0. The fraction of sp³-hybridized carbons (Fsp3) is 0.0909. The Morgan fingerprint density at radius 1 is 1.24 bits per heavy atom. The molecule has 0 atom stereocenters. The molecular weight excluding hydrogens is 218 g/mol. The smallest absolute Gasteiger partial charge is 0.163 e.